The molecule has 0 bridgehead atoms. The van der Waals surface area contributed by atoms with Crippen LogP contribution >= 0.6 is 0 Å². The quantitative estimate of drug-likeness (QED) is 0.465. The van der Waals surface area contributed by atoms with Crippen molar-refractivity contribution in [1.29, 1.82) is 0 Å². The number of hydrogen-bond acceptors (Lipinski definition) is 3. The van der Waals surface area contributed by atoms with Gasteiger partial charge in [0.15, 0.2) is 6.10 Å². The lowest BCUT2D eigenvalue weighted by Gasteiger charge is -2.27. The van der Waals surface area contributed by atoms with Crippen molar-refractivity contribution >= 4 is 12.4 Å². The first-order valence-electron chi connectivity index (χ1n) is 5.24. The number of likely N-dealkylation sites (N-methyl/N-ethyl adjacent to an activating group) is 1. The number of rotatable bonds is 6. The number of aliphatic carboxylic acids is 1. The molecule has 0 aromatic heterocycles. The molecule has 0 aromatic carbocycles. The van der Waals surface area contributed by atoms with Crippen LogP contribution in [0.5, 0.6) is 0 Å². The second kappa shape index (κ2) is 4.81. The van der Waals surface area contributed by atoms with Crippen LogP contribution in [0.4, 0.5) is 0 Å². The van der Waals surface area contributed by atoms with Gasteiger partial charge in [-0.05, 0) is 0 Å². The molecule has 0 spiro atoms. The number of ether oxygens (including phenoxy) is 1. The minimum atomic E-state index is -2.29. The van der Waals surface area contributed by atoms with Gasteiger partial charge in [-0.2, -0.15) is 0 Å². The first-order valence-corrected chi connectivity index (χ1v) is 3.74. The number of nitrogens with zero attached hydrogens (tertiary/aromatic N) is 1. The van der Waals surface area contributed by atoms with Crippen LogP contribution in [-0.2, 0) is 14.3 Å². The molecule has 5 nitrogen and oxygen atoms in total. The van der Waals surface area contributed by atoms with E-state index in [1.807, 2.05) is 0 Å². The van der Waals surface area contributed by atoms with Gasteiger partial charge in [-0.15, -0.1) is 0 Å². The Morgan fingerprint density at radius 1 is 1.77 bits per heavy atom. The van der Waals surface area contributed by atoms with Crippen LogP contribution in [0.25, 0.3) is 0 Å². The van der Waals surface area contributed by atoms with Gasteiger partial charge in [0.2, 0.25) is 0 Å². The van der Waals surface area contributed by atoms with Gasteiger partial charge in [-0.1, -0.05) is 0 Å². The summed E-state index contributed by atoms with van der Waals surface area (Å²) in [6.07, 6.45) is -1.35. The lowest BCUT2D eigenvalue weighted by molar-refractivity contribution is -0.873. The first-order chi connectivity index (χ1) is 7.10. The van der Waals surface area contributed by atoms with Crippen molar-refractivity contribution in [2.24, 2.45) is 0 Å². The van der Waals surface area contributed by atoms with E-state index in [0.717, 1.165) is 0 Å². The van der Waals surface area contributed by atoms with E-state index in [9.17, 15) is 9.59 Å². The fraction of sp³-hybridized carbons (Fsp3) is 0.750. The third-order valence-corrected chi connectivity index (χ3v) is 1.31. The minimum Gasteiger partial charge on any atom is -0.481 e. The molecular weight excluding hydrogens is 174 g/mol. The predicted octanol–water partition coefficient (Wildman–Crippen LogP) is -0.291. The number of carboxylic acids is 1. The summed E-state index contributed by atoms with van der Waals surface area (Å²) in [5.41, 5.74) is 0. The Bertz CT molecular complexity index is 264. The van der Waals surface area contributed by atoms with Crippen LogP contribution in [0.2, 0.25) is 0 Å². The van der Waals surface area contributed by atoms with Gasteiger partial charge in [0.25, 0.3) is 6.47 Å². The summed E-state index contributed by atoms with van der Waals surface area (Å²) in [6, 6.07) is 0. The maximum atomic E-state index is 10.5. The fourth-order valence-electron chi connectivity index (χ4n) is 0.938. The second-order valence-corrected chi connectivity index (χ2v) is 3.32. The molecule has 0 saturated heterocycles. The largest absolute Gasteiger partial charge is 0.481 e. The summed E-state index contributed by atoms with van der Waals surface area (Å²) in [5, 5.41) is 8.57. The standard InChI is InChI=1S/C8H15NO4/c1-9(2,3)5-7(13-6-10)4-8(11)12/h6-7H,4-5H2,1-3H3/p+1/t7-/m1/s1/i1D3. The number of quaternary nitrogens is 1. The molecule has 5 heteroatoms. The van der Waals surface area contributed by atoms with Crippen molar-refractivity contribution in [3.63, 3.8) is 0 Å². The summed E-state index contributed by atoms with van der Waals surface area (Å²) in [5.74, 6) is -1.14. The normalized spacial score (nSPS) is 17.8. The molecule has 13 heavy (non-hydrogen) atoms. The van der Waals surface area contributed by atoms with Gasteiger partial charge in [-0.25, -0.2) is 0 Å². The van der Waals surface area contributed by atoms with E-state index in [0.29, 0.717) is 0 Å². The molecule has 1 atom stereocenters. The zero-order chi connectivity index (χ0) is 13.0. The summed E-state index contributed by atoms with van der Waals surface area (Å²) in [4.78, 5) is 20.6. The van der Waals surface area contributed by atoms with Crippen molar-refractivity contribution in [2.75, 3.05) is 27.6 Å². The van der Waals surface area contributed by atoms with Gasteiger partial charge in [0.05, 0.1) is 31.6 Å². The molecule has 0 heterocycles. The molecular formula is C8H16NO4+. The number of hydrogen-bond donors (Lipinski definition) is 1. The maximum Gasteiger partial charge on any atom is 0.307 e. The Morgan fingerprint density at radius 2 is 2.38 bits per heavy atom. The SMILES string of the molecule is [2H]C([2H])([2H])[N+](C)(C)C[C@@H](CC(=O)O)OC=O. The Hall–Kier alpha value is -1.10. The minimum absolute atomic E-state index is 0.0818. The highest BCUT2D eigenvalue weighted by Crippen LogP contribution is 2.03. The Balaban J connectivity index is 4.61. The summed E-state index contributed by atoms with van der Waals surface area (Å²) >= 11 is 0. The predicted molar refractivity (Wildman–Crippen MR) is 46.1 cm³/mol. The summed E-state index contributed by atoms with van der Waals surface area (Å²) in [7, 11) is 2.85. The summed E-state index contributed by atoms with van der Waals surface area (Å²) < 4.78 is 25.9. The number of carbonyl (C=O) groups excluding carboxylic acids is 1. The molecule has 0 saturated carbocycles. The van der Waals surface area contributed by atoms with Crippen molar-refractivity contribution in [1.82, 2.24) is 0 Å². The van der Waals surface area contributed by atoms with E-state index in [4.69, 9.17) is 9.22 Å². The molecule has 76 valence electrons. The first kappa shape index (κ1) is 7.32. The zero-order valence-corrected chi connectivity index (χ0v) is 7.69. The Labute approximate surface area is 81.7 Å². The second-order valence-electron chi connectivity index (χ2n) is 3.32. The highest BCUT2D eigenvalue weighted by atomic mass is 16.5. The molecule has 0 unspecified atom stereocenters. The topological polar surface area (TPSA) is 63.6 Å². The van der Waals surface area contributed by atoms with E-state index in [1.165, 1.54) is 14.1 Å². The van der Waals surface area contributed by atoms with Crippen LogP contribution in [0, 0.1) is 0 Å². The molecule has 0 amide bonds. The van der Waals surface area contributed by atoms with E-state index < -0.39 is 30.0 Å². The van der Waals surface area contributed by atoms with E-state index in [2.05, 4.69) is 4.74 Å². The van der Waals surface area contributed by atoms with Gasteiger partial charge < -0.3 is 14.3 Å². The molecule has 1 N–H and O–H groups in total. The average molecular weight is 193 g/mol. The van der Waals surface area contributed by atoms with Gasteiger partial charge in [0.1, 0.15) is 6.54 Å². The molecule has 0 aliphatic carbocycles. The lowest BCUT2D eigenvalue weighted by atomic mass is 10.2. The van der Waals surface area contributed by atoms with E-state index >= 15 is 0 Å². The van der Waals surface area contributed by atoms with Crippen LogP contribution < -0.4 is 0 Å². The van der Waals surface area contributed by atoms with Crippen LogP contribution in [0.1, 0.15) is 10.5 Å². The Kier molecular flexibility index (Phi) is 2.71. The van der Waals surface area contributed by atoms with Crippen molar-refractivity contribution in [3.8, 4) is 0 Å². The molecule has 0 aromatic rings. The lowest BCUT2D eigenvalue weighted by Crippen LogP contribution is -2.43. The van der Waals surface area contributed by atoms with Crippen LogP contribution in [0.3, 0.4) is 0 Å². The Morgan fingerprint density at radius 3 is 2.77 bits per heavy atom. The fourth-order valence-corrected chi connectivity index (χ4v) is 0.938. The summed E-state index contributed by atoms with van der Waals surface area (Å²) in [6.45, 7) is -2.24. The zero-order valence-electron chi connectivity index (χ0n) is 10.7. The molecule has 0 aliphatic rings. The third-order valence-electron chi connectivity index (χ3n) is 1.31. The van der Waals surface area contributed by atoms with Crippen LogP contribution in [-0.4, -0.2) is 55.8 Å². The third kappa shape index (κ3) is 7.27. The van der Waals surface area contributed by atoms with Gasteiger partial charge in [-0.3, -0.25) is 9.59 Å². The molecule has 0 fully saturated rings. The number of carbonyl (C=O) groups is 2. The van der Waals surface area contributed by atoms with Crippen molar-refractivity contribution in [2.45, 2.75) is 12.5 Å². The van der Waals surface area contributed by atoms with Gasteiger partial charge in [0, 0.05) is 0 Å². The molecule has 0 rings (SSSR count). The molecule has 0 aliphatic heterocycles. The highest BCUT2D eigenvalue weighted by molar-refractivity contribution is 5.67. The monoisotopic (exact) mass is 193 g/mol. The van der Waals surface area contributed by atoms with Gasteiger partial charge >= 0.3 is 5.97 Å². The number of carboxylic acid groups (broad SMARTS) is 1. The van der Waals surface area contributed by atoms with E-state index in [-0.39, 0.29) is 13.0 Å². The average Bonchev–Trinajstić information content (AvgIpc) is 1.99. The van der Waals surface area contributed by atoms with Crippen molar-refractivity contribution < 1.29 is 28.0 Å². The highest BCUT2D eigenvalue weighted by Gasteiger charge is 2.21. The van der Waals surface area contributed by atoms with Crippen molar-refractivity contribution in [3.05, 3.63) is 0 Å². The smallest absolute Gasteiger partial charge is 0.307 e. The van der Waals surface area contributed by atoms with E-state index in [1.54, 1.807) is 0 Å². The van der Waals surface area contributed by atoms with Crippen LogP contribution in [0.15, 0.2) is 0 Å². The maximum absolute atomic E-state index is 10.5. The molecule has 0 radical (unpaired) electrons.